The van der Waals surface area contributed by atoms with Gasteiger partial charge in [0.2, 0.25) is 5.91 Å². The molecule has 0 radical (unpaired) electrons. The lowest BCUT2D eigenvalue weighted by atomic mass is 10.0. The molecule has 0 spiro atoms. The third kappa shape index (κ3) is 4.53. The van der Waals surface area contributed by atoms with E-state index < -0.39 is 5.60 Å². The number of benzene rings is 1. The fourth-order valence-corrected chi connectivity index (χ4v) is 4.67. The lowest BCUT2D eigenvalue weighted by molar-refractivity contribution is -0.146. The SMILES string of the molecule is Cc1cccc(CCN2C(=O)CCc3c(C)nc([C@H]4CCN(C(=O)C(C)(C)O)C4)nc32)c1. The highest BCUT2D eigenvalue weighted by Crippen LogP contribution is 2.33. The number of nitrogens with zero attached hydrogens (tertiary/aromatic N) is 4. The molecule has 1 saturated heterocycles. The number of aryl methyl sites for hydroxylation is 2. The Morgan fingerprint density at radius 1 is 1.22 bits per heavy atom. The second-order valence-corrected chi connectivity index (χ2v) is 9.55. The first-order chi connectivity index (χ1) is 15.1. The third-order valence-electron chi connectivity index (χ3n) is 6.43. The monoisotopic (exact) mass is 436 g/mol. The van der Waals surface area contributed by atoms with Crippen molar-refractivity contribution in [2.45, 2.75) is 64.9 Å². The number of aliphatic hydroxyl groups is 1. The van der Waals surface area contributed by atoms with E-state index in [4.69, 9.17) is 9.97 Å². The van der Waals surface area contributed by atoms with Crippen LogP contribution in [0.2, 0.25) is 0 Å². The average molecular weight is 437 g/mol. The van der Waals surface area contributed by atoms with Crippen LogP contribution in [0, 0.1) is 13.8 Å². The Kier molecular flexibility index (Phi) is 6.03. The van der Waals surface area contributed by atoms with Gasteiger partial charge in [-0.3, -0.25) is 14.5 Å². The Bertz CT molecular complexity index is 1040. The Morgan fingerprint density at radius 3 is 2.72 bits per heavy atom. The first kappa shape index (κ1) is 22.4. The second-order valence-electron chi connectivity index (χ2n) is 9.55. The molecule has 7 heteroatoms. The van der Waals surface area contributed by atoms with Crippen molar-refractivity contribution in [2.24, 2.45) is 0 Å². The molecule has 2 aliphatic rings. The Labute approximate surface area is 189 Å². The molecule has 1 N–H and O–H groups in total. The minimum atomic E-state index is -1.39. The predicted molar refractivity (Wildman–Crippen MR) is 123 cm³/mol. The lowest BCUT2D eigenvalue weighted by Crippen LogP contribution is -2.44. The summed E-state index contributed by atoms with van der Waals surface area (Å²) in [5.74, 6) is 1.23. The van der Waals surface area contributed by atoms with Gasteiger partial charge in [0.15, 0.2) is 0 Å². The average Bonchev–Trinajstić information content (AvgIpc) is 3.21. The number of carbonyl (C=O) groups is 2. The van der Waals surface area contributed by atoms with E-state index in [0.717, 1.165) is 29.9 Å². The van der Waals surface area contributed by atoms with Gasteiger partial charge in [-0.25, -0.2) is 9.97 Å². The van der Waals surface area contributed by atoms with Crippen LogP contribution < -0.4 is 4.90 Å². The molecule has 2 aromatic rings. The summed E-state index contributed by atoms with van der Waals surface area (Å²) in [4.78, 5) is 38.4. The maximum Gasteiger partial charge on any atom is 0.253 e. The van der Waals surface area contributed by atoms with Gasteiger partial charge >= 0.3 is 0 Å². The molecule has 1 fully saturated rings. The quantitative estimate of drug-likeness (QED) is 0.779. The highest BCUT2D eigenvalue weighted by atomic mass is 16.3. The molecule has 0 unspecified atom stereocenters. The number of carbonyl (C=O) groups excluding carboxylic acids is 2. The molecule has 7 nitrogen and oxygen atoms in total. The van der Waals surface area contributed by atoms with E-state index in [0.29, 0.717) is 38.3 Å². The number of fused-ring (bicyclic) bond motifs is 1. The van der Waals surface area contributed by atoms with Gasteiger partial charge in [0.05, 0.1) is 0 Å². The molecular formula is C25H32N4O3. The number of rotatable bonds is 5. The van der Waals surface area contributed by atoms with Crippen molar-refractivity contribution in [1.82, 2.24) is 14.9 Å². The van der Waals surface area contributed by atoms with Crippen molar-refractivity contribution < 1.29 is 14.7 Å². The molecule has 2 amide bonds. The van der Waals surface area contributed by atoms with Crippen LogP contribution in [0.25, 0.3) is 0 Å². The molecule has 170 valence electrons. The summed E-state index contributed by atoms with van der Waals surface area (Å²) in [7, 11) is 0. The number of aromatic nitrogens is 2. The van der Waals surface area contributed by atoms with Gasteiger partial charge < -0.3 is 10.0 Å². The number of hydrogen-bond acceptors (Lipinski definition) is 5. The summed E-state index contributed by atoms with van der Waals surface area (Å²) < 4.78 is 0. The largest absolute Gasteiger partial charge is 0.381 e. The van der Waals surface area contributed by atoms with Crippen LogP contribution in [0.5, 0.6) is 0 Å². The molecule has 1 aromatic carbocycles. The van der Waals surface area contributed by atoms with Crippen LogP contribution in [0.1, 0.15) is 60.8 Å². The van der Waals surface area contributed by atoms with Crippen LogP contribution >= 0.6 is 0 Å². The van der Waals surface area contributed by atoms with Crippen molar-refractivity contribution in [3.8, 4) is 0 Å². The van der Waals surface area contributed by atoms with Gasteiger partial charge in [-0.15, -0.1) is 0 Å². The summed E-state index contributed by atoms with van der Waals surface area (Å²) in [6.07, 6.45) is 2.65. The van der Waals surface area contributed by atoms with Gasteiger partial charge in [0.1, 0.15) is 17.2 Å². The van der Waals surface area contributed by atoms with Crippen molar-refractivity contribution in [2.75, 3.05) is 24.5 Å². The highest BCUT2D eigenvalue weighted by Gasteiger charge is 2.37. The van der Waals surface area contributed by atoms with E-state index in [-0.39, 0.29) is 17.7 Å². The molecule has 0 saturated carbocycles. The summed E-state index contributed by atoms with van der Waals surface area (Å²) in [5.41, 5.74) is 2.97. The van der Waals surface area contributed by atoms with Crippen LogP contribution in [-0.2, 0) is 22.4 Å². The standard InChI is InChI=1S/C25H32N4O3/c1-16-6-5-7-18(14-16)10-13-29-21(30)9-8-20-17(2)26-22(27-23(20)29)19-11-12-28(15-19)24(31)25(3,4)32/h5-7,14,19,32H,8-13,15H2,1-4H3/t19-/m0/s1. The van der Waals surface area contributed by atoms with E-state index in [9.17, 15) is 14.7 Å². The molecule has 1 aromatic heterocycles. The predicted octanol–water partition coefficient (Wildman–Crippen LogP) is 2.70. The fourth-order valence-electron chi connectivity index (χ4n) is 4.67. The number of anilines is 1. The normalized spacial score (nSPS) is 18.8. The summed E-state index contributed by atoms with van der Waals surface area (Å²) in [6.45, 7) is 8.72. The van der Waals surface area contributed by atoms with E-state index in [1.165, 1.54) is 25.0 Å². The maximum absolute atomic E-state index is 12.8. The lowest BCUT2D eigenvalue weighted by Gasteiger charge is -2.30. The zero-order valence-electron chi connectivity index (χ0n) is 19.4. The van der Waals surface area contributed by atoms with Crippen molar-refractivity contribution in [3.63, 3.8) is 0 Å². The molecule has 4 rings (SSSR count). The van der Waals surface area contributed by atoms with Gasteiger partial charge in [0, 0.05) is 43.2 Å². The second kappa shape index (κ2) is 8.62. The molecule has 0 aliphatic carbocycles. The van der Waals surface area contributed by atoms with Crippen LogP contribution in [0.15, 0.2) is 24.3 Å². The molecule has 0 bridgehead atoms. The minimum Gasteiger partial charge on any atom is -0.381 e. The van der Waals surface area contributed by atoms with Gasteiger partial charge in [-0.2, -0.15) is 0 Å². The molecular weight excluding hydrogens is 404 g/mol. The van der Waals surface area contributed by atoms with E-state index in [1.807, 2.05) is 17.9 Å². The Balaban J connectivity index is 1.57. The first-order valence-electron chi connectivity index (χ1n) is 11.4. The van der Waals surface area contributed by atoms with Crippen molar-refractivity contribution in [3.05, 3.63) is 52.5 Å². The van der Waals surface area contributed by atoms with Crippen LogP contribution in [0.3, 0.4) is 0 Å². The summed E-state index contributed by atoms with van der Waals surface area (Å²) in [6, 6.07) is 8.35. The molecule has 3 heterocycles. The van der Waals surface area contributed by atoms with E-state index in [2.05, 4.69) is 25.1 Å². The minimum absolute atomic E-state index is 0.000881. The fraction of sp³-hybridized carbons (Fsp3) is 0.520. The van der Waals surface area contributed by atoms with Crippen LogP contribution in [0.4, 0.5) is 5.82 Å². The van der Waals surface area contributed by atoms with Gasteiger partial charge in [-0.1, -0.05) is 29.8 Å². The maximum atomic E-state index is 12.8. The van der Waals surface area contributed by atoms with Crippen molar-refractivity contribution in [1.29, 1.82) is 0 Å². The zero-order chi connectivity index (χ0) is 23.0. The topological polar surface area (TPSA) is 86.6 Å². The molecule has 32 heavy (non-hydrogen) atoms. The summed E-state index contributed by atoms with van der Waals surface area (Å²) in [5, 5.41) is 10.1. The van der Waals surface area contributed by atoms with Crippen LogP contribution in [-0.4, -0.2) is 57.0 Å². The zero-order valence-corrected chi connectivity index (χ0v) is 19.4. The Morgan fingerprint density at radius 2 is 2.00 bits per heavy atom. The highest BCUT2D eigenvalue weighted by molar-refractivity contribution is 5.95. The van der Waals surface area contributed by atoms with Gasteiger partial charge in [0.25, 0.3) is 5.91 Å². The van der Waals surface area contributed by atoms with E-state index in [1.54, 1.807) is 4.90 Å². The van der Waals surface area contributed by atoms with Gasteiger partial charge in [-0.05, 0) is 52.5 Å². The number of amides is 2. The first-order valence-corrected chi connectivity index (χ1v) is 11.4. The Hall–Kier alpha value is -2.80. The van der Waals surface area contributed by atoms with Crippen molar-refractivity contribution >= 4 is 17.6 Å². The van der Waals surface area contributed by atoms with E-state index >= 15 is 0 Å². The summed E-state index contributed by atoms with van der Waals surface area (Å²) >= 11 is 0. The smallest absolute Gasteiger partial charge is 0.253 e. The third-order valence-corrected chi connectivity index (χ3v) is 6.43. The number of hydrogen-bond donors (Lipinski definition) is 1. The molecule has 2 aliphatic heterocycles. The number of likely N-dealkylation sites (tertiary alicyclic amines) is 1. The molecule has 1 atom stereocenters.